The van der Waals surface area contributed by atoms with Gasteiger partial charge in [0, 0.05) is 90.1 Å². The van der Waals surface area contributed by atoms with Gasteiger partial charge >= 0.3 is 36.8 Å². The minimum Gasteiger partial charge on any atom is -0.504 e. The molecule has 91 heavy (non-hydrogen) atoms. The number of ether oxygens (including phenoxy) is 2. The number of methoxy groups -OCH3 is 2. The quantitative estimate of drug-likeness (QED) is 0.00684. The van der Waals surface area contributed by atoms with E-state index in [1.165, 1.54) is 20.6 Å². The van der Waals surface area contributed by atoms with Crippen molar-refractivity contribution < 1.29 is 82.0 Å². The molecule has 0 radical (unpaired) electrons. The third-order valence-electron chi connectivity index (χ3n) is 10.6. The van der Waals surface area contributed by atoms with E-state index in [1.807, 2.05) is 27.7 Å². The number of allylic oxidation sites excluding steroid dienone is 6. The van der Waals surface area contributed by atoms with E-state index >= 15 is 0 Å². The Morgan fingerprint density at radius 2 is 1.00 bits per heavy atom. The van der Waals surface area contributed by atoms with Gasteiger partial charge in [-0.3, -0.25) is 24.0 Å². The minimum absolute atomic E-state index is 0. The van der Waals surface area contributed by atoms with E-state index in [1.54, 1.807) is 36.4 Å². The molecule has 2 aromatic rings. The van der Waals surface area contributed by atoms with Crippen molar-refractivity contribution in [3.8, 4) is 47.2 Å². The predicted octanol–water partition coefficient (Wildman–Crippen LogP) is 15.9. The summed E-state index contributed by atoms with van der Waals surface area (Å²) < 4.78 is 19.0. The molecule has 0 atom stereocenters. The van der Waals surface area contributed by atoms with Crippen LogP contribution in [0.5, 0.6) is 23.0 Å². The molecule has 0 unspecified atom stereocenters. The Bertz CT molecular complexity index is 2260. The number of unbranched alkanes of at least 4 members (excludes halogenated alkanes) is 10. The third-order valence-corrected chi connectivity index (χ3v) is 11.4. The van der Waals surface area contributed by atoms with Crippen LogP contribution in [-0.4, -0.2) is 78.3 Å². The predicted molar refractivity (Wildman–Crippen MR) is 383 cm³/mol. The Morgan fingerprint density at radius 1 is 0.648 bits per heavy atom. The molecule has 1 amide bonds. The molecule has 15 nitrogen and oxygen atoms in total. The average Bonchev–Trinajstić information content (AvgIpc) is 2.99. The average molecular weight is 1420 g/mol. The van der Waals surface area contributed by atoms with E-state index in [2.05, 4.69) is 152 Å². The number of aromatic hydroxyl groups is 2. The number of rotatable bonds is 32. The van der Waals surface area contributed by atoms with Gasteiger partial charge in [-0.1, -0.05) is 147 Å². The van der Waals surface area contributed by atoms with Gasteiger partial charge in [-0.2, -0.15) is 6.42 Å². The maximum Gasteiger partial charge on any atom is 1.00 e. The Balaban J connectivity index is -0.000000149. The van der Waals surface area contributed by atoms with Gasteiger partial charge in [0.05, 0.1) is 14.2 Å². The SMILES string of the molecule is C#CC(C)C.CC(C)/C=C/CCCCC(=O)Cl.CC(C)/C=C/CCCCC(=O)O.CC(C)C#CCCCCC(=O)O.COc1cc(CN)ccc1O.COc1cc(CNC(=O)CCCC/C=C/C(C)C)ccc1O.O=C(O)CCCCBr.O=S(Cl)Cl.[CH2-]CCC.[Li+]. The van der Waals surface area contributed by atoms with Crippen LogP contribution < -0.4 is 39.4 Å². The fraction of sp³-hybridized carbons (Fsp3) is 0.600. The summed E-state index contributed by atoms with van der Waals surface area (Å²) in [5.41, 5.74) is 7.24. The zero-order chi connectivity index (χ0) is 70.5. The number of phenols is 2. The number of nitrogens with one attached hydrogen (secondary N) is 1. The number of hydrogen-bond acceptors (Lipinski definition) is 11. The summed E-state index contributed by atoms with van der Waals surface area (Å²) in [6.07, 6.45) is 35.1. The zero-order valence-corrected chi connectivity index (χ0v) is 62.2. The molecule has 0 spiro atoms. The van der Waals surface area contributed by atoms with Gasteiger partial charge < -0.3 is 53.0 Å². The van der Waals surface area contributed by atoms with Crippen molar-refractivity contribution in [2.24, 2.45) is 35.3 Å². The van der Waals surface area contributed by atoms with Gasteiger partial charge in [0.2, 0.25) is 20.4 Å². The van der Waals surface area contributed by atoms with Gasteiger partial charge in [0.25, 0.3) is 0 Å². The van der Waals surface area contributed by atoms with Gasteiger partial charge in [-0.15, -0.1) is 24.2 Å². The molecular formula is C70H115BrCl3LiN2O13S. The second-order valence-corrected chi connectivity index (χ2v) is 25.2. The molecule has 0 aliphatic carbocycles. The Kier molecular flexibility index (Phi) is 88.1. The number of terminal acetylenes is 1. The van der Waals surface area contributed by atoms with Crippen molar-refractivity contribution in [1.29, 1.82) is 0 Å². The van der Waals surface area contributed by atoms with E-state index in [9.17, 15) is 29.1 Å². The first-order chi connectivity index (χ1) is 42.4. The summed E-state index contributed by atoms with van der Waals surface area (Å²) in [5, 5.41) is 47.0. The van der Waals surface area contributed by atoms with E-state index in [-0.39, 0.29) is 47.9 Å². The molecule has 0 aliphatic rings. The van der Waals surface area contributed by atoms with Gasteiger partial charge in [0.15, 0.2) is 23.0 Å². The van der Waals surface area contributed by atoms with Crippen molar-refractivity contribution >= 4 is 87.2 Å². The number of carboxylic acids is 3. The molecule has 21 heteroatoms. The second-order valence-electron chi connectivity index (χ2n) is 21.5. The number of alkyl halides is 1. The molecule has 0 saturated heterocycles. The van der Waals surface area contributed by atoms with E-state index in [0.717, 1.165) is 113 Å². The van der Waals surface area contributed by atoms with Crippen LogP contribution in [-0.2, 0) is 46.3 Å². The van der Waals surface area contributed by atoms with Gasteiger partial charge in [-0.05, 0) is 148 Å². The number of phenolic OH excluding ortho intramolecular Hbond substituents is 2. The number of carbonyl (C=O) groups is 5. The van der Waals surface area contributed by atoms with Crippen molar-refractivity contribution in [2.45, 2.75) is 224 Å². The van der Waals surface area contributed by atoms with Crippen LogP contribution in [0, 0.1) is 60.7 Å². The summed E-state index contributed by atoms with van der Waals surface area (Å²) in [4.78, 5) is 52.2. The van der Waals surface area contributed by atoms with Crippen molar-refractivity contribution in [2.75, 3.05) is 19.5 Å². The van der Waals surface area contributed by atoms with Crippen molar-refractivity contribution in [3.05, 3.63) is 90.9 Å². The van der Waals surface area contributed by atoms with E-state index in [0.29, 0.717) is 79.9 Å². The molecule has 0 aromatic heterocycles. The maximum atomic E-state index is 11.8. The van der Waals surface area contributed by atoms with Crippen LogP contribution in [0.1, 0.15) is 222 Å². The smallest absolute Gasteiger partial charge is 0.504 e. The number of halogens is 4. The van der Waals surface area contributed by atoms with Gasteiger partial charge in [-0.25, -0.2) is 4.21 Å². The molecule has 0 bridgehead atoms. The number of carbonyl (C=O) groups excluding carboxylic acids is 2. The first-order valence-corrected chi connectivity index (χ1v) is 35.2. The van der Waals surface area contributed by atoms with Crippen LogP contribution in [0.4, 0.5) is 0 Å². The maximum absolute atomic E-state index is 11.8. The molecule has 2 rings (SSSR count). The Morgan fingerprint density at radius 3 is 1.32 bits per heavy atom. The molecule has 0 fully saturated rings. The van der Waals surface area contributed by atoms with E-state index < -0.39 is 27.1 Å². The van der Waals surface area contributed by atoms with Crippen LogP contribution in [0.2, 0.25) is 0 Å². The first-order valence-electron chi connectivity index (χ1n) is 30.9. The summed E-state index contributed by atoms with van der Waals surface area (Å²) >= 11 is 8.39. The number of carboxylic acid groups (broad SMARTS) is 3. The zero-order valence-electron chi connectivity index (χ0n) is 57.6. The summed E-state index contributed by atoms with van der Waals surface area (Å²) in [6.45, 7) is 27.6. The first kappa shape index (κ1) is 103. The van der Waals surface area contributed by atoms with Crippen LogP contribution >= 0.6 is 48.9 Å². The molecule has 8 N–H and O–H groups in total. The number of nitrogens with two attached hydrogens (primary N) is 1. The molecule has 0 saturated carbocycles. The number of benzene rings is 2. The fourth-order valence-corrected chi connectivity index (χ4v) is 6.35. The second kappa shape index (κ2) is 78.0. The largest absolute Gasteiger partial charge is 1.00 e. The fourth-order valence-electron chi connectivity index (χ4n) is 5.82. The molecule has 0 heterocycles. The minimum atomic E-state index is -1.67. The third kappa shape index (κ3) is 102. The molecule has 518 valence electrons. The molecular weight excluding hydrogens is 1300 g/mol. The van der Waals surface area contributed by atoms with Gasteiger partial charge in [0.1, 0.15) is 0 Å². The van der Waals surface area contributed by atoms with E-state index in [4.69, 9.17) is 57.9 Å². The monoisotopic (exact) mass is 1410 g/mol. The summed E-state index contributed by atoms with van der Waals surface area (Å²) in [7, 11) is 10.4. The van der Waals surface area contributed by atoms with Crippen molar-refractivity contribution in [3.63, 3.8) is 0 Å². The normalized spacial score (nSPS) is 9.98. The number of amides is 1. The summed E-state index contributed by atoms with van der Waals surface area (Å²) in [6, 6.07) is 10.1. The standard InChI is InChI=1S/C18H27NO3.C10H17ClO.C10H18O2.C10H16O2.C8H11NO2.C5H9BrO2.C5H8.C4H9.Cl2OS.Li/c1-14(2)8-6-4-5-7-9-18(21)19-13-15-10-11-16(20)17(12-15)22-3;3*1-9(2)7-5-3-4-6-8-10(11)12;1-11-8-4-6(5-9)2-3-7(8)10;6-4-2-1-3-5(7)8;1-4-5(2)3;1-3-4-2;1-4(2)3;/h6,8,10-12,14,20H,4-5,7,9,13H2,1-3H3,(H,19,21);5,7,9H,3-4,6,8H2,1-2H3;5,7,9H,3-4,6,8H2,1-2H3,(H,11,12);9H,3-4,6,8H2,1-2H3,(H,11,12);2-4,10H,5,9H2,1H3;1-4H2,(H,7,8);1,5H,2-3H3;1,3-4H2,2H3;;/q;;;;;;;-1;;+1/b8-6+;2*7-5+;;;;;;;. The van der Waals surface area contributed by atoms with Crippen LogP contribution in [0.3, 0.4) is 0 Å². The van der Waals surface area contributed by atoms with Crippen LogP contribution in [0.15, 0.2) is 72.9 Å². The number of aliphatic carboxylic acids is 3. The van der Waals surface area contributed by atoms with Crippen LogP contribution in [0.25, 0.3) is 0 Å². The van der Waals surface area contributed by atoms with Crippen molar-refractivity contribution in [1.82, 2.24) is 5.32 Å². The topological polar surface area (TPSA) is 260 Å². The summed E-state index contributed by atoms with van der Waals surface area (Å²) in [5.74, 6) is 10.3. The number of hydrogen-bond donors (Lipinski definition) is 7. The Hall–Kier alpha value is -4.41. The molecule has 2 aromatic carbocycles. The molecule has 0 aliphatic heterocycles. The Labute approximate surface area is 587 Å².